The Labute approximate surface area is 221 Å². The molecule has 1 aromatic heterocycles. The number of benzene rings is 2. The summed E-state index contributed by atoms with van der Waals surface area (Å²) >= 11 is 0.735. The van der Waals surface area contributed by atoms with Crippen molar-refractivity contribution in [2.75, 3.05) is 11.9 Å². The minimum atomic E-state index is -6.69. The van der Waals surface area contributed by atoms with Gasteiger partial charge in [0.2, 0.25) is 11.1 Å². The van der Waals surface area contributed by atoms with Crippen LogP contribution in [0.1, 0.15) is 26.3 Å². The van der Waals surface area contributed by atoms with Crippen LogP contribution in [0.5, 0.6) is 0 Å². The number of nitro benzene ring substituents is 1. The van der Waals surface area contributed by atoms with Crippen LogP contribution in [0.2, 0.25) is 0 Å². The highest BCUT2D eigenvalue weighted by molar-refractivity contribution is 7.99. The lowest BCUT2D eigenvalue weighted by atomic mass is 9.95. The molecule has 0 aliphatic rings. The van der Waals surface area contributed by atoms with Gasteiger partial charge in [0.25, 0.3) is 11.6 Å². The van der Waals surface area contributed by atoms with Crippen LogP contribution in [0.25, 0.3) is 0 Å². The van der Waals surface area contributed by atoms with Crippen LogP contribution in [0, 0.1) is 10.1 Å². The molecule has 0 atom stereocenters. The fourth-order valence-corrected chi connectivity index (χ4v) is 4.05. The SMILES string of the molecule is NC(=O)c1cc(NC(=O)c2cc([N+](=O)[O-])ccc2Sc2nnnn2CCO)ccc1C(F)(F)C(F)(F)C(F)(F)F. The van der Waals surface area contributed by atoms with Gasteiger partial charge in [0, 0.05) is 28.3 Å². The summed E-state index contributed by atoms with van der Waals surface area (Å²) in [5.74, 6) is -15.5. The Kier molecular flexibility index (Phi) is 8.34. The van der Waals surface area contributed by atoms with E-state index in [4.69, 9.17) is 10.8 Å². The molecule has 0 radical (unpaired) electrons. The first kappa shape index (κ1) is 30.2. The van der Waals surface area contributed by atoms with Gasteiger partial charge in [-0.05, 0) is 46.5 Å². The fraction of sp³-hybridized carbons (Fsp3) is 0.250. The molecule has 0 unspecified atom stereocenters. The zero-order chi connectivity index (χ0) is 30.0. The summed E-state index contributed by atoms with van der Waals surface area (Å²) in [5, 5.41) is 33.2. The number of carbonyl (C=O) groups is 2. The standard InChI is InChI=1S/C20H14F7N7O5S/c21-18(22,19(23,24)20(25,26)27)13-3-1-9(7-11(13)15(28)36)29-16(37)12-8-10(34(38)39)2-4-14(12)40-17-30-31-32-33(17)5-6-35/h1-4,7-8,35H,5-6H2,(H2,28,36)(H,29,37). The molecular weight excluding hydrogens is 583 g/mol. The summed E-state index contributed by atoms with van der Waals surface area (Å²) in [6.07, 6.45) is -6.69. The number of primary amides is 1. The monoisotopic (exact) mass is 597 g/mol. The van der Waals surface area contributed by atoms with E-state index in [1.165, 1.54) is 0 Å². The molecule has 0 spiro atoms. The third kappa shape index (κ3) is 5.81. The highest BCUT2D eigenvalue weighted by atomic mass is 32.2. The molecule has 2 aromatic carbocycles. The van der Waals surface area contributed by atoms with Crippen LogP contribution in [-0.2, 0) is 12.5 Å². The zero-order valence-electron chi connectivity index (χ0n) is 19.3. The molecule has 0 aliphatic carbocycles. The van der Waals surface area contributed by atoms with Gasteiger partial charge in [0.1, 0.15) is 0 Å². The van der Waals surface area contributed by atoms with E-state index in [1.54, 1.807) is 0 Å². The largest absolute Gasteiger partial charge is 0.460 e. The number of nitro groups is 1. The number of nitrogens with one attached hydrogen (secondary N) is 1. The van der Waals surface area contributed by atoms with Crippen LogP contribution < -0.4 is 11.1 Å². The molecule has 0 fully saturated rings. The van der Waals surface area contributed by atoms with E-state index in [0.29, 0.717) is 12.1 Å². The number of anilines is 1. The molecule has 20 heteroatoms. The second-order valence-corrected chi connectivity index (χ2v) is 8.68. The van der Waals surface area contributed by atoms with Crippen LogP contribution in [0.15, 0.2) is 46.5 Å². The molecule has 0 saturated heterocycles. The Bertz CT molecular complexity index is 1470. The van der Waals surface area contributed by atoms with Crippen molar-refractivity contribution in [3.63, 3.8) is 0 Å². The number of aliphatic hydroxyl groups is 1. The molecule has 3 aromatic rings. The minimum Gasteiger partial charge on any atom is -0.394 e. The normalized spacial score (nSPS) is 12.3. The first-order valence-corrected chi connectivity index (χ1v) is 11.2. The van der Waals surface area contributed by atoms with E-state index in [1.807, 2.05) is 0 Å². The highest BCUT2D eigenvalue weighted by Crippen LogP contribution is 2.52. The Balaban J connectivity index is 2.02. The number of carbonyl (C=O) groups excluding carboxylic acids is 2. The summed E-state index contributed by atoms with van der Waals surface area (Å²) < 4.78 is 94.8. The van der Waals surface area contributed by atoms with E-state index in [0.717, 1.165) is 34.6 Å². The molecule has 214 valence electrons. The van der Waals surface area contributed by atoms with Gasteiger partial charge in [-0.2, -0.15) is 30.7 Å². The van der Waals surface area contributed by atoms with Crippen molar-refractivity contribution in [3.05, 3.63) is 63.2 Å². The van der Waals surface area contributed by atoms with Crippen molar-refractivity contribution >= 4 is 35.0 Å². The van der Waals surface area contributed by atoms with E-state index in [9.17, 15) is 50.4 Å². The van der Waals surface area contributed by atoms with Gasteiger partial charge in [-0.15, -0.1) is 5.10 Å². The number of aromatic nitrogens is 4. The number of amides is 2. The van der Waals surface area contributed by atoms with Crippen molar-refractivity contribution in [2.45, 2.75) is 34.6 Å². The van der Waals surface area contributed by atoms with Crippen molar-refractivity contribution in [1.82, 2.24) is 20.2 Å². The molecule has 2 amide bonds. The summed E-state index contributed by atoms with van der Waals surface area (Å²) in [6.45, 7) is -0.414. The lowest BCUT2D eigenvalue weighted by Crippen LogP contribution is -2.50. The Morgan fingerprint density at radius 1 is 1.07 bits per heavy atom. The first-order chi connectivity index (χ1) is 18.5. The molecule has 12 nitrogen and oxygen atoms in total. The number of hydrogen-bond donors (Lipinski definition) is 3. The smallest absolute Gasteiger partial charge is 0.394 e. The number of rotatable bonds is 10. The molecular formula is C20H14F7N7O5S. The number of aliphatic hydroxyl groups excluding tert-OH is 1. The maximum absolute atomic E-state index is 14.3. The summed E-state index contributed by atoms with van der Waals surface area (Å²) in [5.41, 5.74) is -0.0941. The van der Waals surface area contributed by atoms with Crippen molar-refractivity contribution in [2.24, 2.45) is 5.73 Å². The zero-order valence-corrected chi connectivity index (χ0v) is 20.1. The average Bonchev–Trinajstić information content (AvgIpc) is 3.29. The number of non-ortho nitro benzene ring substituents is 1. The second kappa shape index (κ2) is 11.0. The Morgan fingerprint density at radius 3 is 2.33 bits per heavy atom. The maximum Gasteiger partial charge on any atom is 0.460 e. The van der Waals surface area contributed by atoms with Gasteiger partial charge in [-0.3, -0.25) is 19.7 Å². The molecule has 0 aliphatic heterocycles. The predicted molar refractivity (Wildman–Crippen MR) is 120 cm³/mol. The lowest BCUT2D eigenvalue weighted by Gasteiger charge is -2.29. The quantitative estimate of drug-likeness (QED) is 0.179. The lowest BCUT2D eigenvalue weighted by molar-refractivity contribution is -0.384. The van der Waals surface area contributed by atoms with Crippen molar-refractivity contribution < 1.29 is 50.4 Å². The topological polar surface area (TPSA) is 179 Å². The highest BCUT2D eigenvalue weighted by Gasteiger charge is 2.74. The van der Waals surface area contributed by atoms with Crippen LogP contribution in [-0.4, -0.2) is 60.8 Å². The van der Waals surface area contributed by atoms with Crippen LogP contribution in [0.4, 0.5) is 42.1 Å². The molecule has 0 saturated carbocycles. The summed E-state index contributed by atoms with van der Waals surface area (Å²) in [4.78, 5) is 35.2. The minimum absolute atomic E-state index is 0.0141. The third-order valence-electron chi connectivity index (χ3n) is 5.06. The van der Waals surface area contributed by atoms with Crippen molar-refractivity contribution in [3.8, 4) is 0 Å². The first-order valence-electron chi connectivity index (χ1n) is 10.4. The number of alkyl halides is 7. The molecule has 0 bridgehead atoms. The van der Waals surface area contributed by atoms with Gasteiger partial charge in [0.05, 0.1) is 29.2 Å². The Hall–Kier alpha value is -4.33. The number of nitrogens with zero attached hydrogens (tertiary/aromatic N) is 5. The Morgan fingerprint density at radius 2 is 1.75 bits per heavy atom. The summed E-state index contributed by atoms with van der Waals surface area (Å²) in [6, 6.07) is 3.91. The van der Waals surface area contributed by atoms with E-state index >= 15 is 0 Å². The average molecular weight is 597 g/mol. The fourth-order valence-electron chi connectivity index (χ4n) is 3.15. The van der Waals surface area contributed by atoms with Crippen molar-refractivity contribution in [1.29, 1.82) is 0 Å². The number of hydrogen-bond acceptors (Lipinski definition) is 9. The molecule has 1 heterocycles. The van der Waals surface area contributed by atoms with Gasteiger partial charge in [0.15, 0.2) is 0 Å². The van der Waals surface area contributed by atoms with E-state index < -0.39 is 62.8 Å². The number of halogens is 7. The van der Waals surface area contributed by atoms with Gasteiger partial charge in [-0.1, -0.05) is 0 Å². The molecule has 4 N–H and O–H groups in total. The van der Waals surface area contributed by atoms with Gasteiger partial charge >= 0.3 is 18.0 Å². The van der Waals surface area contributed by atoms with Crippen LogP contribution >= 0.6 is 11.8 Å². The van der Waals surface area contributed by atoms with E-state index in [-0.39, 0.29) is 29.3 Å². The predicted octanol–water partition coefficient (Wildman–Crippen LogP) is 3.37. The molecule has 3 rings (SSSR count). The number of nitrogens with two attached hydrogens (primary N) is 1. The third-order valence-corrected chi connectivity index (χ3v) is 6.11. The van der Waals surface area contributed by atoms with E-state index in [2.05, 4.69) is 20.8 Å². The van der Waals surface area contributed by atoms with Gasteiger partial charge < -0.3 is 16.2 Å². The van der Waals surface area contributed by atoms with Crippen LogP contribution in [0.3, 0.4) is 0 Å². The maximum atomic E-state index is 14.3. The summed E-state index contributed by atoms with van der Waals surface area (Å²) in [7, 11) is 0. The number of tetrazole rings is 1. The molecule has 40 heavy (non-hydrogen) atoms. The van der Waals surface area contributed by atoms with Gasteiger partial charge in [-0.25, -0.2) is 4.68 Å². The second-order valence-electron chi connectivity index (χ2n) is 7.67.